The van der Waals surface area contributed by atoms with Crippen LogP contribution in [0, 0.1) is 5.92 Å². The predicted molar refractivity (Wildman–Crippen MR) is 79.4 cm³/mol. The molecule has 0 spiro atoms. The third kappa shape index (κ3) is 2.57. The molecule has 2 fully saturated rings. The third-order valence-corrected chi connectivity index (χ3v) is 4.49. The van der Waals surface area contributed by atoms with Crippen LogP contribution >= 0.6 is 0 Å². The van der Waals surface area contributed by atoms with Crippen molar-refractivity contribution < 1.29 is 4.79 Å². The minimum atomic E-state index is -0.275. The second-order valence-electron chi connectivity index (χ2n) is 5.81. The molecule has 3 unspecified atom stereocenters. The molecule has 4 heterocycles. The largest absolute Gasteiger partial charge is 0.334 e. The van der Waals surface area contributed by atoms with Crippen molar-refractivity contribution >= 4 is 5.91 Å². The number of pyridine rings is 1. The Morgan fingerprint density at radius 3 is 3.09 bits per heavy atom. The number of aromatic nitrogens is 5. The molecule has 2 saturated heterocycles. The lowest BCUT2D eigenvalue weighted by atomic mass is 10.0. The van der Waals surface area contributed by atoms with Crippen LogP contribution in [0.15, 0.2) is 30.7 Å². The van der Waals surface area contributed by atoms with Crippen molar-refractivity contribution in [1.29, 1.82) is 0 Å². The molecule has 9 heteroatoms. The fourth-order valence-corrected chi connectivity index (χ4v) is 3.38. The first-order valence-electron chi connectivity index (χ1n) is 7.77. The lowest BCUT2D eigenvalue weighted by Gasteiger charge is -2.28. The fraction of sp³-hybridized carbons (Fsp3) is 0.500. The zero-order valence-corrected chi connectivity index (χ0v) is 12.5. The molecule has 4 rings (SSSR count). The third-order valence-electron chi connectivity index (χ3n) is 4.49. The van der Waals surface area contributed by atoms with E-state index in [4.69, 9.17) is 0 Å². The van der Waals surface area contributed by atoms with Crippen LogP contribution in [0.1, 0.15) is 30.7 Å². The second-order valence-corrected chi connectivity index (χ2v) is 5.81. The molecule has 2 aromatic heterocycles. The Morgan fingerprint density at radius 1 is 1.35 bits per heavy atom. The van der Waals surface area contributed by atoms with E-state index in [1.54, 1.807) is 10.9 Å². The van der Waals surface area contributed by atoms with Crippen LogP contribution in [0.3, 0.4) is 0 Å². The van der Waals surface area contributed by atoms with Crippen molar-refractivity contribution in [2.45, 2.75) is 25.0 Å². The number of carbonyl (C=O) groups excluding carboxylic acids is 1. The van der Waals surface area contributed by atoms with Crippen molar-refractivity contribution in [2.24, 2.45) is 5.92 Å². The van der Waals surface area contributed by atoms with Gasteiger partial charge >= 0.3 is 0 Å². The molecule has 3 atom stereocenters. The summed E-state index contributed by atoms with van der Waals surface area (Å²) in [6.07, 6.45) is 4.97. The molecular formula is C14H18N8O. The lowest BCUT2D eigenvalue weighted by Crippen LogP contribution is -2.40. The Kier molecular flexibility index (Phi) is 3.72. The summed E-state index contributed by atoms with van der Waals surface area (Å²) in [5.41, 5.74) is 7.07. The van der Waals surface area contributed by atoms with E-state index in [0.717, 1.165) is 25.1 Å². The van der Waals surface area contributed by atoms with Crippen molar-refractivity contribution in [2.75, 3.05) is 13.1 Å². The second kappa shape index (κ2) is 6.01. The summed E-state index contributed by atoms with van der Waals surface area (Å²) in [5, 5.41) is 11.2. The predicted octanol–water partition coefficient (Wildman–Crippen LogP) is -0.346. The maximum absolute atomic E-state index is 13.1. The molecule has 120 valence electrons. The number of amides is 1. The van der Waals surface area contributed by atoms with Crippen molar-refractivity contribution in [3.8, 4) is 0 Å². The maximum Gasteiger partial charge on any atom is 0.231 e. The van der Waals surface area contributed by atoms with Gasteiger partial charge in [0.2, 0.25) is 5.91 Å². The number of hydrogen-bond donors (Lipinski definition) is 2. The monoisotopic (exact) mass is 314 g/mol. The summed E-state index contributed by atoms with van der Waals surface area (Å²) in [4.78, 5) is 19.4. The highest BCUT2D eigenvalue weighted by Crippen LogP contribution is 2.33. The van der Waals surface area contributed by atoms with E-state index < -0.39 is 0 Å². The molecule has 0 saturated carbocycles. The molecule has 2 aromatic rings. The molecule has 0 bridgehead atoms. The van der Waals surface area contributed by atoms with E-state index in [0.29, 0.717) is 6.54 Å². The van der Waals surface area contributed by atoms with Crippen LogP contribution in [-0.2, 0) is 4.79 Å². The van der Waals surface area contributed by atoms with Gasteiger partial charge in [-0.25, -0.2) is 10.1 Å². The number of rotatable bonds is 3. The van der Waals surface area contributed by atoms with Gasteiger partial charge in [-0.05, 0) is 35.4 Å². The van der Waals surface area contributed by atoms with E-state index in [1.807, 2.05) is 23.1 Å². The minimum Gasteiger partial charge on any atom is -0.334 e. The van der Waals surface area contributed by atoms with Crippen LogP contribution in [0.4, 0.5) is 0 Å². The highest BCUT2D eigenvalue weighted by molar-refractivity contribution is 5.80. The van der Waals surface area contributed by atoms with Crippen molar-refractivity contribution in [3.05, 3.63) is 36.4 Å². The molecule has 0 aromatic carbocycles. The van der Waals surface area contributed by atoms with Gasteiger partial charge in [0.05, 0.1) is 17.7 Å². The van der Waals surface area contributed by atoms with Gasteiger partial charge in [0.15, 0.2) is 0 Å². The molecule has 0 radical (unpaired) electrons. The molecule has 2 aliphatic rings. The Balaban J connectivity index is 1.56. The number of nitrogens with one attached hydrogen (secondary N) is 2. The average molecular weight is 314 g/mol. The zero-order chi connectivity index (χ0) is 15.6. The van der Waals surface area contributed by atoms with Gasteiger partial charge in [-0.1, -0.05) is 6.07 Å². The molecule has 9 nitrogen and oxygen atoms in total. The Morgan fingerprint density at radius 2 is 2.30 bits per heavy atom. The first kappa shape index (κ1) is 14.2. The molecule has 1 amide bonds. The van der Waals surface area contributed by atoms with E-state index in [1.165, 1.54) is 6.33 Å². The summed E-state index contributed by atoms with van der Waals surface area (Å²) in [6, 6.07) is 5.90. The Hall–Kier alpha value is -2.39. The quantitative estimate of drug-likeness (QED) is 0.799. The molecule has 23 heavy (non-hydrogen) atoms. The van der Waals surface area contributed by atoms with E-state index in [2.05, 4.69) is 31.4 Å². The number of carbonyl (C=O) groups is 1. The molecule has 2 N–H and O–H groups in total. The molecule has 2 aliphatic heterocycles. The van der Waals surface area contributed by atoms with Gasteiger partial charge in [0.25, 0.3) is 0 Å². The highest BCUT2D eigenvalue weighted by atomic mass is 16.2. The van der Waals surface area contributed by atoms with Crippen molar-refractivity contribution in [1.82, 2.24) is 40.9 Å². The first-order valence-corrected chi connectivity index (χ1v) is 7.77. The zero-order valence-electron chi connectivity index (χ0n) is 12.5. The van der Waals surface area contributed by atoms with E-state index in [-0.39, 0.29) is 24.0 Å². The van der Waals surface area contributed by atoms with Gasteiger partial charge in [0.1, 0.15) is 12.5 Å². The Bertz CT molecular complexity index is 661. The number of hydrogen-bond acceptors (Lipinski definition) is 7. The SMILES string of the molecule is O=C(C1CNNC1n1cnnn1)N1CCCC1c1ccccn1. The standard InChI is InChI=1S/C14H18N8O/c23-14(10-8-16-18-13(10)22-9-17-19-20-22)21-7-3-5-12(21)11-4-1-2-6-15-11/h1-2,4,6,9-10,12-13,16,18H,3,5,7-8H2. The number of likely N-dealkylation sites (tertiary alicyclic amines) is 1. The van der Waals surface area contributed by atoms with Crippen LogP contribution < -0.4 is 10.9 Å². The van der Waals surface area contributed by atoms with Gasteiger partial charge in [-0.2, -0.15) is 0 Å². The van der Waals surface area contributed by atoms with Gasteiger partial charge in [-0.3, -0.25) is 15.2 Å². The van der Waals surface area contributed by atoms with Crippen molar-refractivity contribution in [3.63, 3.8) is 0 Å². The topological polar surface area (TPSA) is 101 Å². The van der Waals surface area contributed by atoms with Gasteiger partial charge in [-0.15, -0.1) is 5.10 Å². The minimum absolute atomic E-state index is 0.0545. The highest BCUT2D eigenvalue weighted by Gasteiger charge is 2.41. The van der Waals surface area contributed by atoms with Crippen LogP contribution in [-0.4, -0.2) is 49.1 Å². The fourth-order valence-electron chi connectivity index (χ4n) is 3.38. The van der Waals surface area contributed by atoms with Crippen LogP contribution in [0.25, 0.3) is 0 Å². The molecular weight excluding hydrogens is 296 g/mol. The number of hydrazine groups is 1. The summed E-state index contributed by atoms with van der Waals surface area (Å²) in [5.74, 6) is -0.140. The van der Waals surface area contributed by atoms with E-state index in [9.17, 15) is 4.79 Å². The Labute approximate surface area is 133 Å². The van der Waals surface area contributed by atoms with Crippen LogP contribution in [0.5, 0.6) is 0 Å². The van der Waals surface area contributed by atoms with Gasteiger partial charge in [0, 0.05) is 19.3 Å². The lowest BCUT2D eigenvalue weighted by molar-refractivity contribution is -0.137. The first-order chi connectivity index (χ1) is 11.3. The summed E-state index contributed by atoms with van der Waals surface area (Å²) in [7, 11) is 0. The van der Waals surface area contributed by atoms with Crippen LogP contribution in [0.2, 0.25) is 0 Å². The molecule has 0 aliphatic carbocycles. The van der Waals surface area contributed by atoms with E-state index >= 15 is 0 Å². The normalized spacial score (nSPS) is 27.5. The number of tetrazole rings is 1. The smallest absolute Gasteiger partial charge is 0.231 e. The summed E-state index contributed by atoms with van der Waals surface area (Å²) < 4.78 is 1.58. The maximum atomic E-state index is 13.1. The van der Waals surface area contributed by atoms with Gasteiger partial charge < -0.3 is 4.90 Å². The number of nitrogens with zero attached hydrogens (tertiary/aromatic N) is 6. The average Bonchev–Trinajstić information content (AvgIpc) is 3.34. The summed E-state index contributed by atoms with van der Waals surface area (Å²) >= 11 is 0. The summed E-state index contributed by atoms with van der Waals surface area (Å²) in [6.45, 7) is 1.31.